The van der Waals surface area contributed by atoms with Gasteiger partial charge in [0, 0.05) is 5.56 Å². The number of rotatable bonds is 6. The monoisotopic (exact) mass is 366 g/mol. The van der Waals surface area contributed by atoms with Crippen LogP contribution in [0.1, 0.15) is 5.69 Å². The van der Waals surface area contributed by atoms with Crippen molar-refractivity contribution in [3.63, 3.8) is 0 Å². The van der Waals surface area contributed by atoms with Gasteiger partial charge >= 0.3 is 0 Å². The summed E-state index contributed by atoms with van der Waals surface area (Å²) in [6.07, 6.45) is 0. The van der Waals surface area contributed by atoms with Crippen LogP contribution < -0.4 is 18.9 Å². The first-order chi connectivity index (χ1) is 13.2. The summed E-state index contributed by atoms with van der Waals surface area (Å²) in [7, 11) is 6.19. The van der Waals surface area contributed by atoms with Crippen molar-refractivity contribution >= 4 is 0 Å². The van der Waals surface area contributed by atoms with E-state index in [9.17, 15) is 5.26 Å². The van der Waals surface area contributed by atoms with Crippen LogP contribution in [0.2, 0.25) is 0 Å². The average Bonchev–Trinajstić information content (AvgIpc) is 3.16. The van der Waals surface area contributed by atoms with Crippen molar-refractivity contribution in [1.82, 2.24) is 15.0 Å². The van der Waals surface area contributed by atoms with Crippen LogP contribution in [0, 0.1) is 11.3 Å². The zero-order valence-electron chi connectivity index (χ0n) is 15.4. The molecule has 0 aliphatic heterocycles. The Kier molecular flexibility index (Phi) is 5.13. The van der Waals surface area contributed by atoms with E-state index in [1.807, 2.05) is 24.3 Å². The smallest absolute Gasteiger partial charge is 0.203 e. The van der Waals surface area contributed by atoms with Crippen LogP contribution in [0.4, 0.5) is 0 Å². The number of ether oxygens (including phenoxy) is 4. The molecule has 0 N–H and O–H groups in total. The third kappa shape index (κ3) is 3.22. The van der Waals surface area contributed by atoms with Crippen molar-refractivity contribution < 1.29 is 18.9 Å². The van der Waals surface area contributed by atoms with Crippen molar-refractivity contribution in [3.8, 4) is 46.0 Å². The highest BCUT2D eigenvalue weighted by molar-refractivity contribution is 5.73. The second-order valence-electron chi connectivity index (χ2n) is 5.42. The molecule has 1 heterocycles. The van der Waals surface area contributed by atoms with Gasteiger partial charge in [-0.1, -0.05) is 5.21 Å². The van der Waals surface area contributed by atoms with Crippen molar-refractivity contribution in [2.45, 2.75) is 0 Å². The van der Waals surface area contributed by atoms with Crippen LogP contribution in [0.3, 0.4) is 0 Å². The number of hydrogen-bond acceptors (Lipinski definition) is 7. The molecule has 0 fully saturated rings. The van der Waals surface area contributed by atoms with Crippen molar-refractivity contribution in [3.05, 3.63) is 42.1 Å². The topological polar surface area (TPSA) is 91.4 Å². The first kappa shape index (κ1) is 18.1. The van der Waals surface area contributed by atoms with Crippen LogP contribution in [-0.4, -0.2) is 43.4 Å². The Morgan fingerprint density at radius 1 is 0.889 bits per heavy atom. The van der Waals surface area contributed by atoms with Gasteiger partial charge in [0.15, 0.2) is 17.2 Å². The molecular formula is C19H18N4O4. The highest BCUT2D eigenvalue weighted by Crippen LogP contribution is 2.42. The SMILES string of the molecule is COc1ccc(-n2nnc(C#N)c2-c2cc(OC)c(OC)c(OC)c2)cc1. The van der Waals surface area contributed by atoms with E-state index in [2.05, 4.69) is 16.4 Å². The fraction of sp³-hybridized carbons (Fsp3) is 0.211. The van der Waals surface area contributed by atoms with Gasteiger partial charge in [0.05, 0.1) is 34.1 Å². The third-order valence-corrected chi connectivity index (χ3v) is 4.03. The quantitative estimate of drug-likeness (QED) is 0.662. The Hall–Kier alpha value is -3.73. The number of methoxy groups -OCH3 is 4. The Morgan fingerprint density at radius 3 is 2.00 bits per heavy atom. The number of aromatic nitrogens is 3. The van der Waals surface area contributed by atoms with Crippen LogP contribution in [0.5, 0.6) is 23.0 Å². The summed E-state index contributed by atoms with van der Waals surface area (Å²) in [5.41, 5.74) is 2.08. The van der Waals surface area contributed by atoms with Crippen LogP contribution >= 0.6 is 0 Å². The molecule has 0 aliphatic rings. The van der Waals surface area contributed by atoms with Crippen LogP contribution in [0.15, 0.2) is 36.4 Å². The molecule has 0 radical (unpaired) electrons. The predicted molar refractivity (Wildman–Crippen MR) is 97.7 cm³/mol. The molecule has 0 aliphatic carbocycles. The fourth-order valence-electron chi connectivity index (χ4n) is 2.74. The molecule has 2 aromatic carbocycles. The molecular weight excluding hydrogens is 348 g/mol. The molecule has 0 amide bonds. The summed E-state index contributed by atoms with van der Waals surface area (Å²) in [5.74, 6) is 2.12. The molecule has 0 saturated heterocycles. The number of benzene rings is 2. The molecule has 8 nitrogen and oxygen atoms in total. The Labute approximate surface area is 156 Å². The number of nitriles is 1. The van der Waals surface area contributed by atoms with Gasteiger partial charge < -0.3 is 18.9 Å². The van der Waals surface area contributed by atoms with E-state index in [4.69, 9.17) is 18.9 Å². The van der Waals surface area contributed by atoms with E-state index in [-0.39, 0.29) is 5.69 Å². The van der Waals surface area contributed by atoms with Crippen molar-refractivity contribution in [2.75, 3.05) is 28.4 Å². The van der Waals surface area contributed by atoms with Crippen molar-refractivity contribution in [2.24, 2.45) is 0 Å². The first-order valence-electron chi connectivity index (χ1n) is 7.97. The van der Waals surface area contributed by atoms with Gasteiger partial charge in [-0.3, -0.25) is 0 Å². The average molecular weight is 366 g/mol. The predicted octanol–water partition coefficient (Wildman–Crippen LogP) is 2.84. The van der Waals surface area contributed by atoms with E-state index in [0.717, 1.165) is 5.69 Å². The van der Waals surface area contributed by atoms with Crippen LogP contribution in [-0.2, 0) is 0 Å². The lowest BCUT2D eigenvalue weighted by molar-refractivity contribution is 0.324. The van der Waals surface area contributed by atoms with E-state index in [1.54, 1.807) is 23.9 Å². The molecule has 0 unspecified atom stereocenters. The second kappa shape index (κ2) is 7.66. The molecule has 1 aromatic heterocycles. The third-order valence-electron chi connectivity index (χ3n) is 4.03. The second-order valence-corrected chi connectivity index (χ2v) is 5.42. The van der Waals surface area contributed by atoms with Gasteiger partial charge in [-0.15, -0.1) is 5.10 Å². The van der Waals surface area contributed by atoms with Crippen molar-refractivity contribution in [1.29, 1.82) is 5.26 Å². The molecule has 27 heavy (non-hydrogen) atoms. The molecule has 0 saturated carbocycles. The maximum atomic E-state index is 9.50. The van der Waals surface area contributed by atoms with Gasteiger partial charge in [0.25, 0.3) is 0 Å². The number of nitrogens with zero attached hydrogens (tertiary/aromatic N) is 4. The first-order valence-corrected chi connectivity index (χ1v) is 7.97. The lowest BCUT2D eigenvalue weighted by Gasteiger charge is -2.15. The van der Waals surface area contributed by atoms with Gasteiger partial charge in [-0.2, -0.15) is 5.26 Å². The largest absolute Gasteiger partial charge is 0.497 e. The lowest BCUT2D eigenvalue weighted by Crippen LogP contribution is -2.01. The molecule has 0 bridgehead atoms. The molecule has 3 rings (SSSR count). The fourth-order valence-corrected chi connectivity index (χ4v) is 2.74. The minimum atomic E-state index is 0.181. The Morgan fingerprint density at radius 2 is 1.52 bits per heavy atom. The van der Waals surface area contributed by atoms with E-state index < -0.39 is 0 Å². The van der Waals surface area contributed by atoms with E-state index in [0.29, 0.717) is 34.3 Å². The molecule has 8 heteroatoms. The molecule has 0 atom stereocenters. The summed E-state index contributed by atoms with van der Waals surface area (Å²) in [6.45, 7) is 0. The summed E-state index contributed by atoms with van der Waals surface area (Å²) in [4.78, 5) is 0. The maximum absolute atomic E-state index is 9.50. The summed E-state index contributed by atoms with van der Waals surface area (Å²) >= 11 is 0. The van der Waals surface area contributed by atoms with Crippen LogP contribution in [0.25, 0.3) is 16.9 Å². The molecule has 138 valence electrons. The zero-order chi connectivity index (χ0) is 19.4. The molecule has 0 spiro atoms. The maximum Gasteiger partial charge on any atom is 0.203 e. The standard InChI is InChI=1S/C19H18N4O4/c1-24-14-7-5-13(6-8-14)23-18(15(11-20)21-22-23)12-9-16(25-2)19(27-4)17(10-12)26-3/h5-10H,1-4H3. The van der Waals surface area contributed by atoms with Gasteiger partial charge in [-0.05, 0) is 36.4 Å². The minimum absolute atomic E-state index is 0.181. The molecule has 3 aromatic rings. The van der Waals surface area contributed by atoms with E-state index in [1.165, 1.54) is 21.3 Å². The summed E-state index contributed by atoms with van der Waals surface area (Å²) in [6, 6.07) is 12.9. The van der Waals surface area contributed by atoms with Gasteiger partial charge in [0.2, 0.25) is 5.75 Å². The summed E-state index contributed by atoms with van der Waals surface area (Å²) in [5, 5.41) is 17.6. The normalized spacial score (nSPS) is 10.2. The Balaban J connectivity index is 2.22. The highest BCUT2D eigenvalue weighted by atomic mass is 16.5. The summed E-state index contributed by atoms with van der Waals surface area (Å²) < 4.78 is 23.0. The lowest BCUT2D eigenvalue weighted by atomic mass is 10.1. The minimum Gasteiger partial charge on any atom is -0.497 e. The number of hydrogen-bond donors (Lipinski definition) is 0. The highest BCUT2D eigenvalue weighted by Gasteiger charge is 2.21. The van der Waals surface area contributed by atoms with Gasteiger partial charge in [-0.25, -0.2) is 4.68 Å². The Bertz CT molecular complexity index is 965. The van der Waals surface area contributed by atoms with E-state index >= 15 is 0 Å². The van der Waals surface area contributed by atoms with Gasteiger partial charge in [0.1, 0.15) is 17.5 Å². The zero-order valence-corrected chi connectivity index (χ0v) is 15.4.